The van der Waals surface area contributed by atoms with E-state index in [1.807, 2.05) is 0 Å². The Balaban J connectivity index is 2.04. The van der Waals surface area contributed by atoms with Crippen molar-refractivity contribution in [3.63, 3.8) is 0 Å². The highest BCUT2D eigenvalue weighted by molar-refractivity contribution is 7.91. The SMILES string of the molecule is O=C1/C(=C/c2ccc([N+](=O)[O-])cc2)CS(=O)(=O)c2ccccc21. The van der Waals surface area contributed by atoms with Crippen molar-refractivity contribution in [2.75, 3.05) is 5.75 Å². The van der Waals surface area contributed by atoms with Crippen LogP contribution in [0.2, 0.25) is 0 Å². The Hall–Kier alpha value is -2.80. The Kier molecular flexibility index (Phi) is 3.57. The zero-order valence-corrected chi connectivity index (χ0v) is 12.6. The highest BCUT2D eigenvalue weighted by Gasteiger charge is 2.32. The van der Waals surface area contributed by atoms with E-state index in [0.717, 1.165) is 0 Å². The molecule has 1 heterocycles. The molecule has 0 aliphatic carbocycles. The fourth-order valence-electron chi connectivity index (χ4n) is 2.45. The van der Waals surface area contributed by atoms with Crippen molar-refractivity contribution < 1.29 is 18.1 Å². The van der Waals surface area contributed by atoms with E-state index in [9.17, 15) is 23.3 Å². The molecule has 3 rings (SSSR count). The van der Waals surface area contributed by atoms with Gasteiger partial charge in [0.15, 0.2) is 15.6 Å². The van der Waals surface area contributed by atoms with Crippen LogP contribution < -0.4 is 0 Å². The number of carbonyl (C=O) groups is 1. The van der Waals surface area contributed by atoms with Crippen LogP contribution in [0.25, 0.3) is 6.08 Å². The smallest absolute Gasteiger partial charge is 0.269 e. The minimum atomic E-state index is -3.56. The van der Waals surface area contributed by atoms with Gasteiger partial charge >= 0.3 is 0 Å². The van der Waals surface area contributed by atoms with E-state index in [2.05, 4.69) is 0 Å². The molecule has 6 nitrogen and oxygen atoms in total. The molecule has 0 aromatic heterocycles. The van der Waals surface area contributed by atoms with E-state index >= 15 is 0 Å². The summed E-state index contributed by atoms with van der Waals surface area (Å²) >= 11 is 0. The van der Waals surface area contributed by atoms with Gasteiger partial charge < -0.3 is 0 Å². The topological polar surface area (TPSA) is 94.3 Å². The van der Waals surface area contributed by atoms with Gasteiger partial charge in [-0.2, -0.15) is 0 Å². The van der Waals surface area contributed by atoms with Crippen LogP contribution in [0.15, 0.2) is 59.0 Å². The molecule has 0 saturated heterocycles. The highest BCUT2D eigenvalue weighted by atomic mass is 32.2. The van der Waals surface area contributed by atoms with E-state index in [1.54, 1.807) is 12.1 Å². The molecule has 0 unspecified atom stereocenters. The third kappa shape index (κ3) is 2.78. The lowest BCUT2D eigenvalue weighted by Gasteiger charge is -2.17. The number of carbonyl (C=O) groups excluding carboxylic acids is 1. The average molecular weight is 329 g/mol. The van der Waals surface area contributed by atoms with Crippen LogP contribution in [0, 0.1) is 10.1 Å². The number of non-ortho nitro benzene ring substituents is 1. The van der Waals surface area contributed by atoms with E-state index in [1.165, 1.54) is 42.5 Å². The molecule has 0 spiro atoms. The second-order valence-electron chi connectivity index (χ2n) is 5.10. The summed E-state index contributed by atoms with van der Waals surface area (Å²) in [6.07, 6.45) is 1.46. The molecule has 7 heteroatoms. The van der Waals surface area contributed by atoms with Crippen LogP contribution in [0.5, 0.6) is 0 Å². The molecule has 116 valence electrons. The minimum absolute atomic E-state index is 0.0471. The zero-order chi connectivity index (χ0) is 16.6. The van der Waals surface area contributed by atoms with E-state index in [4.69, 9.17) is 0 Å². The standard InChI is InChI=1S/C16H11NO5S/c18-16-12(9-11-5-7-13(8-6-11)17(19)20)10-23(21,22)15-4-2-1-3-14(15)16/h1-9H,10H2/b12-9+. The maximum absolute atomic E-state index is 12.4. The van der Waals surface area contributed by atoms with Gasteiger partial charge in [0.2, 0.25) is 0 Å². The van der Waals surface area contributed by atoms with Gasteiger partial charge in [-0.15, -0.1) is 0 Å². The summed E-state index contributed by atoms with van der Waals surface area (Å²) in [6.45, 7) is 0. The predicted octanol–water partition coefficient (Wildman–Crippen LogP) is 2.65. The first-order valence-electron chi connectivity index (χ1n) is 6.70. The second kappa shape index (κ2) is 5.44. The van der Waals surface area contributed by atoms with Crippen LogP contribution in [-0.2, 0) is 9.84 Å². The van der Waals surface area contributed by atoms with Gasteiger partial charge in [0.05, 0.1) is 15.6 Å². The number of nitrogens with zero attached hydrogens (tertiary/aromatic N) is 1. The summed E-state index contributed by atoms with van der Waals surface area (Å²) in [5, 5.41) is 10.6. The Morgan fingerprint density at radius 3 is 2.35 bits per heavy atom. The number of rotatable bonds is 2. The largest absolute Gasteiger partial charge is 0.289 e. The lowest BCUT2D eigenvalue weighted by molar-refractivity contribution is -0.384. The quantitative estimate of drug-likeness (QED) is 0.479. The first-order valence-corrected chi connectivity index (χ1v) is 8.35. The fourth-order valence-corrected chi connectivity index (χ4v) is 4.01. The number of benzene rings is 2. The van der Waals surface area contributed by atoms with E-state index in [-0.39, 0.29) is 33.3 Å². The van der Waals surface area contributed by atoms with Gasteiger partial charge in [-0.1, -0.05) is 12.1 Å². The maximum Gasteiger partial charge on any atom is 0.269 e. The van der Waals surface area contributed by atoms with Crippen LogP contribution in [-0.4, -0.2) is 24.9 Å². The third-order valence-electron chi connectivity index (χ3n) is 3.55. The Morgan fingerprint density at radius 2 is 1.70 bits per heavy atom. The first kappa shape index (κ1) is 15.1. The van der Waals surface area contributed by atoms with Crippen molar-refractivity contribution in [3.05, 3.63) is 75.3 Å². The molecule has 0 radical (unpaired) electrons. The van der Waals surface area contributed by atoms with Gasteiger partial charge in [0.1, 0.15) is 0 Å². The maximum atomic E-state index is 12.4. The zero-order valence-electron chi connectivity index (χ0n) is 11.8. The van der Waals surface area contributed by atoms with Crippen LogP contribution in [0.3, 0.4) is 0 Å². The number of nitro groups is 1. The molecule has 0 N–H and O–H groups in total. The molecule has 1 aliphatic heterocycles. The number of Topliss-reactive ketones (excluding diaryl/α,β-unsaturated/α-hetero) is 1. The summed E-state index contributed by atoms with van der Waals surface area (Å²) < 4.78 is 24.6. The van der Waals surface area contributed by atoms with Crippen molar-refractivity contribution in [3.8, 4) is 0 Å². The second-order valence-corrected chi connectivity index (χ2v) is 7.06. The van der Waals surface area contributed by atoms with Gasteiger partial charge in [-0.25, -0.2) is 8.42 Å². The minimum Gasteiger partial charge on any atom is -0.289 e. The van der Waals surface area contributed by atoms with Crippen LogP contribution in [0.1, 0.15) is 15.9 Å². The van der Waals surface area contributed by atoms with Crippen LogP contribution >= 0.6 is 0 Å². The fraction of sp³-hybridized carbons (Fsp3) is 0.0625. The lowest BCUT2D eigenvalue weighted by Crippen LogP contribution is -2.24. The molecule has 0 amide bonds. The normalized spacial score (nSPS) is 17.7. The van der Waals surface area contributed by atoms with Crippen molar-refractivity contribution in [1.29, 1.82) is 0 Å². The molecule has 0 bridgehead atoms. The first-order chi connectivity index (χ1) is 10.9. The molecule has 23 heavy (non-hydrogen) atoms. The molecule has 0 fully saturated rings. The number of nitro benzene ring substituents is 1. The van der Waals surface area contributed by atoms with Crippen molar-refractivity contribution >= 4 is 27.4 Å². The molecule has 0 saturated carbocycles. The van der Waals surface area contributed by atoms with E-state index in [0.29, 0.717) is 5.56 Å². The summed E-state index contributed by atoms with van der Waals surface area (Å²) in [4.78, 5) is 22.6. The number of ketones is 1. The number of hydrogen-bond acceptors (Lipinski definition) is 5. The van der Waals surface area contributed by atoms with Crippen molar-refractivity contribution in [2.24, 2.45) is 0 Å². The van der Waals surface area contributed by atoms with Gasteiger partial charge in [0, 0.05) is 23.3 Å². The molecular weight excluding hydrogens is 318 g/mol. The third-order valence-corrected chi connectivity index (χ3v) is 5.27. The summed E-state index contributed by atoms with van der Waals surface area (Å²) in [5.74, 6) is -0.714. The van der Waals surface area contributed by atoms with Crippen molar-refractivity contribution in [2.45, 2.75) is 4.90 Å². The lowest BCUT2D eigenvalue weighted by atomic mass is 10.0. The Labute approximate surface area is 132 Å². The van der Waals surface area contributed by atoms with Gasteiger partial charge in [-0.3, -0.25) is 14.9 Å². The molecule has 0 atom stereocenters. The molecule has 2 aromatic rings. The van der Waals surface area contributed by atoms with Gasteiger partial charge in [0.25, 0.3) is 5.69 Å². The molecule has 1 aliphatic rings. The number of sulfone groups is 1. The molecular formula is C16H11NO5S. The van der Waals surface area contributed by atoms with Crippen molar-refractivity contribution in [1.82, 2.24) is 0 Å². The summed E-state index contributed by atoms with van der Waals surface area (Å²) in [5.41, 5.74) is 0.776. The van der Waals surface area contributed by atoms with E-state index < -0.39 is 14.8 Å². The summed E-state index contributed by atoms with van der Waals surface area (Å²) in [7, 11) is -3.56. The highest BCUT2D eigenvalue weighted by Crippen LogP contribution is 2.29. The summed E-state index contributed by atoms with van der Waals surface area (Å²) in [6, 6.07) is 11.7. The predicted molar refractivity (Wildman–Crippen MR) is 83.9 cm³/mol. The number of hydrogen-bond donors (Lipinski definition) is 0. The van der Waals surface area contributed by atoms with Crippen LogP contribution in [0.4, 0.5) is 5.69 Å². The Bertz CT molecular complexity index is 943. The average Bonchev–Trinajstić information content (AvgIpc) is 2.53. The monoisotopic (exact) mass is 329 g/mol. The Morgan fingerprint density at radius 1 is 1.04 bits per heavy atom. The van der Waals surface area contributed by atoms with Gasteiger partial charge in [-0.05, 0) is 35.9 Å². The number of fused-ring (bicyclic) bond motifs is 1. The molecule has 2 aromatic carbocycles.